The monoisotopic (exact) mass is 478 g/mol. The molecule has 2 aliphatic carbocycles. The number of carbonyl (C=O) groups excluding carboxylic acids is 1. The highest BCUT2D eigenvalue weighted by atomic mass is 32.1. The van der Waals surface area contributed by atoms with Crippen molar-refractivity contribution < 1.29 is 14.6 Å². The standard InChI is InChI=1S/C25H26N4O4S/c1-14-10-16(19-4-2-3-5-21(19)26-14)13-33-18-8-6-15(7-9-18)23(31)27-22-12-17(30)11-20(22)24-28-29-25(32)34-24/h2,4,6-10,17,20,22,30H,3,5,11-13H2,1H3,(H,27,31)(H,29,32). The lowest BCUT2D eigenvalue weighted by Crippen LogP contribution is -2.36. The van der Waals surface area contributed by atoms with Crippen molar-refractivity contribution in [2.24, 2.45) is 0 Å². The summed E-state index contributed by atoms with van der Waals surface area (Å²) < 4.78 is 6.01. The van der Waals surface area contributed by atoms with Crippen LogP contribution in [0.4, 0.5) is 0 Å². The molecule has 0 saturated heterocycles. The number of carbonyl (C=O) groups is 1. The van der Waals surface area contributed by atoms with Crippen molar-refractivity contribution in [2.75, 3.05) is 0 Å². The van der Waals surface area contributed by atoms with Gasteiger partial charge in [-0.15, -0.1) is 0 Å². The number of aliphatic hydroxyl groups excluding tert-OH is 1. The van der Waals surface area contributed by atoms with Crippen LogP contribution in [0.2, 0.25) is 0 Å². The Kier molecular flexibility index (Phi) is 6.30. The number of aryl methyl sites for hydroxylation is 2. The minimum Gasteiger partial charge on any atom is -0.489 e. The molecule has 5 rings (SSSR count). The zero-order valence-electron chi connectivity index (χ0n) is 18.8. The molecule has 1 saturated carbocycles. The van der Waals surface area contributed by atoms with Gasteiger partial charge >= 0.3 is 4.87 Å². The van der Waals surface area contributed by atoms with E-state index in [-0.39, 0.29) is 22.7 Å². The number of rotatable bonds is 6. The molecule has 2 heterocycles. The molecule has 2 aliphatic rings. The van der Waals surface area contributed by atoms with Crippen LogP contribution in [0, 0.1) is 6.92 Å². The quantitative estimate of drug-likeness (QED) is 0.501. The Morgan fingerprint density at radius 3 is 2.88 bits per heavy atom. The van der Waals surface area contributed by atoms with Gasteiger partial charge in [-0.3, -0.25) is 14.6 Å². The number of hydrogen-bond acceptors (Lipinski definition) is 7. The first kappa shape index (κ1) is 22.5. The van der Waals surface area contributed by atoms with Crippen molar-refractivity contribution in [3.8, 4) is 5.75 Å². The number of nitrogens with zero attached hydrogens (tertiary/aromatic N) is 2. The van der Waals surface area contributed by atoms with E-state index >= 15 is 0 Å². The van der Waals surface area contributed by atoms with E-state index in [0.717, 1.165) is 46.7 Å². The molecule has 9 heteroatoms. The van der Waals surface area contributed by atoms with Crippen LogP contribution in [0.1, 0.15) is 63.1 Å². The zero-order valence-corrected chi connectivity index (χ0v) is 19.6. The largest absolute Gasteiger partial charge is 0.489 e. The molecule has 0 bridgehead atoms. The third kappa shape index (κ3) is 4.80. The Morgan fingerprint density at radius 2 is 2.12 bits per heavy atom. The van der Waals surface area contributed by atoms with Crippen molar-refractivity contribution >= 4 is 23.3 Å². The summed E-state index contributed by atoms with van der Waals surface area (Å²) in [6, 6.07) is 8.79. The van der Waals surface area contributed by atoms with Crippen LogP contribution >= 0.6 is 11.3 Å². The van der Waals surface area contributed by atoms with Gasteiger partial charge in [0.15, 0.2) is 0 Å². The number of aromatic amines is 1. The van der Waals surface area contributed by atoms with Gasteiger partial charge in [0.2, 0.25) is 0 Å². The average molecular weight is 479 g/mol. The van der Waals surface area contributed by atoms with E-state index in [9.17, 15) is 14.7 Å². The van der Waals surface area contributed by atoms with Crippen molar-refractivity contribution in [3.05, 3.63) is 79.2 Å². The maximum atomic E-state index is 12.8. The van der Waals surface area contributed by atoms with Crippen molar-refractivity contribution in [1.29, 1.82) is 0 Å². The van der Waals surface area contributed by atoms with Gasteiger partial charge in [-0.05, 0) is 62.9 Å². The molecule has 3 aromatic rings. The molecule has 34 heavy (non-hydrogen) atoms. The molecule has 3 unspecified atom stereocenters. The molecule has 2 aromatic heterocycles. The van der Waals surface area contributed by atoms with E-state index in [1.807, 2.05) is 6.92 Å². The maximum absolute atomic E-state index is 12.8. The molecule has 0 aliphatic heterocycles. The Labute approximate surface area is 200 Å². The van der Waals surface area contributed by atoms with Gasteiger partial charge in [-0.1, -0.05) is 23.5 Å². The fraction of sp³-hybridized carbons (Fsp3) is 0.360. The number of benzene rings is 1. The predicted molar refractivity (Wildman–Crippen MR) is 129 cm³/mol. The minimum absolute atomic E-state index is 0.186. The lowest BCUT2D eigenvalue weighted by Gasteiger charge is -2.18. The van der Waals surface area contributed by atoms with Crippen LogP contribution in [-0.2, 0) is 13.0 Å². The highest BCUT2D eigenvalue weighted by molar-refractivity contribution is 7.08. The molecular weight excluding hydrogens is 452 g/mol. The first-order valence-corrected chi connectivity index (χ1v) is 12.2. The Bertz CT molecular complexity index is 1280. The number of ether oxygens (including phenoxy) is 1. The Hall–Kier alpha value is -3.30. The molecule has 1 aromatic carbocycles. The second-order valence-corrected chi connectivity index (χ2v) is 9.79. The Balaban J connectivity index is 1.23. The number of amides is 1. The number of hydrogen-bond donors (Lipinski definition) is 3. The van der Waals surface area contributed by atoms with Crippen LogP contribution in [-0.4, -0.2) is 38.3 Å². The maximum Gasteiger partial charge on any atom is 0.322 e. The van der Waals surface area contributed by atoms with Gasteiger partial charge in [-0.25, -0.2) is 5.10 Å². The second-order valence-electron chi connectivity index (χ2n) is 8.80. The van der Waals surface area contributed by atoms with Gasteiger partial charge in [0, 0.05) is 40.0 Å². The SMILES string of the molecule is Cc1cc(COc2ccc(C(=O)NC3CC(O)CC3c3n[nH]c(=O)s3)cc2)c2c(n1)CCC=C2. The molecule has 176 valence electrons. The van der Waals surface area contributed by atoms with E-state index in [1.165, 1.54) is 0 Å². The predicted octanol–water partition coefficient (Wildman–Crippen LogP) is 3.11. The third-order valence-corrected chi connectivity index (χ3v) is 7.20. The number of nitrogens with one attached hydrogen (secondary N) is 2. The van der Waals surface area contributed by atoms with Crippen LogP contribution in [0.3, 0.4) is 0 Å². The average Bonchev–Trinajstić information content (AvgIpc) is 3.42. The summed E-state index contributed by atoms with van der Waals surface area (Å²) in [5.41, 5.74) is 4.85. The third-order valence-electron chi connectivity index (χ3n) is 6.32. The van der Waals surface area contributed by atoms with E-state index in [2.05, 4.69) is 38.7 Å². The first-order chi connectivity index (χ1) is 16.5. The number of H-pyrrole nitrogens is 1. The summed E-state index contributed by atoms with van der Waals surface area (Å²) in [5.74, 6) is 0.256. The number of allylic oxidation sites excluding steroid dienone is 1. The molecule has 3 atom stereocenters. The number of fused-ring (bicyclic) bond motifs is 1. The van der Waals surface area contributed by atoms with Crippen molar-refractivity contribution in [3.63, 3.8) is 0 Å². The number of aliphatic hydroxyl groups is 1. The van der Waals surface area contributed by atoms with E-state index in [1.54, 1.807) is 24.3 Å². The smallest absolute Gasteiger partial charge is 0.322 e. The van der Waals surface area contributed by atoms with Crippen LogP contribution in [0.15, 0.2) is 41.2 Å². The molecule has 3 N–H and O–H groups in total. The lowest BCUT2D eigenvalue weighted by molar-refractivity contribution is 0.0931. The van der Waals surface area contributed by atoms with Gasteiger partial charge in [0.05, 0.1) is 6.10 Å². The summed E-state index contributed by atoms with van der Waals surface area (Å²) in [5, 5.41) is 20.2. The fourth-order valence-electron chi connectivity index (χ4n) is 4.71. The summed E-state index contributed by atoms with van der Waals surface area (Å²) in [4.78, 5) is 28.7. The normalized spacial score (nSPS) is 21.3. The fourth-order valence-corrected chi connectivity index (χ4v) is 5.50. The first-order valence-electron chi connectivity index (χ1n) is 11.4. The van der Waals surface area contributed by atoms with Crippen molar-refractivity contribution in [1.82, 2.24) is 20.5 Å². The molecule has 0 radical (unpaired) electrons. The van der Waals surface area contributed by atoms with Gasteiger partial charge in [-0.2, -0.15) is 5.10 Å². The van der Waals surface area contributed by atoms with E-state index in [0.29, 0.717) is 35.8 Å². The van der Waals surface area contributed by atoms with Gasteiger partial charge < -0.3 is 15.2 Å². The second kappa shape index (κ2) is 9.52. The summed E-state index contributed by atoms with van der Waals surface area (Å²) in [6.45, 7) is 2.42. The van der Waals surface area contributed by atoms with Crippen LogP contribution < -0.4 is 14.9 Å². The molecule has 0 spiro atoms. The topological polar surface area (TPSA) is 117 Å². The minimum atomic E-state index is -0.539. The number of aromatic nitrogens is 3. The molecular formula is C25H26N4O4S. The van der Waals surface area contributed by atoms with Gasteiger partial charge in [0.25, 0.3) is 5.91 Å². The van der Waals surface area contributed by atoms with E-state index < -0.39 is 6.10 Å². The summed E-state index contributed by atoms with van der Waals surface area (Å²) >= 11 is 1.02. The van der Waals surface area contributed by atoms with E-state index in [4.69, 9.17) is 4.74 Å². The summed E-state index contributed by atoms with van der Waals surface area (Å²) in [7, 11) is 0. The molecule has 1 fully saturated rings. The van der Waals surface area contributed by atoms with Crippen LogP contribution in [0.25, 0.3) is 6.08 Å². The Morgan fingerprint density at radius 1 is 1.29 bits per heavy atom. The van der Waals surface area contributed by atoms with Crippen LogP contribution in [0.5, 0.6) is 5.75 Å². The number of pyridine rings is 1. The summed E-state index contributed by atoms with van der Waals surface area (Å²) in [6.07, 6.45) is 6.59. The molecule has 8 nitrogen and oxygen atoms in total. The lowest BCUT2D eigenvalue weighted by atomic mass is 9.97. The zero-order chi connectivity index (χ0) is 23.7. The highest BCUT2D eigenvalue weighted by Crippen LogP contribution is 2.35. The van der Waals surface area contributed by atoms with Gasteiger partial charge in [0.1, 0.15) is 17.4 Å². The highest BCUT2D eigenvalue weighted by Gasteiger charge is 2.37. The molecule has 1 amide bonds. The van der Waals surface area contributed by atoms with Crippen molar-refractivity contribution in [2.45, 2.75) is 57.3 Å².